The maximum absolute atomic E-state index is 13.0. The van der Waals surface area contributed by atoms with Crippen molar-refractivity contribution in [2.45, 2.75) is 65.0 Å². The van der Waals surface area contributed by atoms with Crippen LogP contribution in [0.15, 0.2) is 0 Å². The fourth-order valence-corrected chi connectivity index (χ4v) is 4.10. The zero-order valence-electron chi connectivity index (χ0n) is 14.7. The standard InChI is InChI=1S/C17H29N5O/c1-4-20-10-6-5-9-16(20)17(23)21-11-7-8-15(12-21)22-14(3)18-13(2)19-22/h15-16H,4-12H2,1-3H3/t15-,16-/m0/s1. The number of amides is 1. The molecule has 128 valence electrons. The summed E-state index contributed by atoms with van der Waals surface area (Å²) >= 11 is 0. The molecule has 6 nitrogen and oxygen atoms in total. The second-order valence-corrected chi connectivity index (χ2v) is 6.87. The minimum absolute atomic E-state index is 0.0890. The Morgan fingerprint density at radius 2 is 2.00 bits per heavy atom. The van der Waals surface area contributed by atoms with Gasteiger partial charge in [0, 0.05) is 13.1 Å². The number of likely N-dealkylation sites (tertiary alicyclic amines) is 2. The summed E-state index contributed by atoms with van der Waals surface area (Å²) in [5.74, 6) is 2.09. The molecule has 2 aliphatic rings. The smallest absolute Gasteiger partial charge is 0.239 e. The fourth-order valence-electron chi connectivity index (χ4n) is 4.10. The average molecular weight is 319 g/mol. The van der Waals surface area contributed by atoms with Gasteiger partial charge >= 0.3 is 0 Å². The molecule has 6 heteroatoms. The van der Waals surface area contributed by atoms with Gasteiger partial charge in [0.05, 0.1) is 12.1 Å². The normalized spacial score (nSPS) is 26.5. The molecular formula is C17H29N5O. The van der Waals surface area contributed by atoms with Crippen LogP contribution in [-0.2, 0) is 4.79 Å². The summed E-state index contributed by atoms with van der Waals surface area (Å²) in [6.45, 7) is 9.77. The van der Waals surface area contributed by atoms with E-state index in [-0.39, 0.29) is 12.1 Å². The van der Waals surface area contributed by atoms with Crippen LogP contribution in [0.3, 0.4) is 0 Å². The number of carbonyl (C=O) groups excluding carboxylic acids is 1. The molecule has 0 radical (unpaired) electrons. The molecule has 23 heavy (non-hydrogen) atoms. The zero-order chi connectivity index (χ0) is 16.4. The fraction of sp³-hybridized carbons (Fsp3) is 0.824. The Morgan fingerprint density at radius 3 is 2.70 bits per heavy atom. The van der Waals surface area contributed by atoms with Crippen LogP contribution >= 0.6 is 0 Å². The molecule has 0 aromatic carbocycles. The van der Waals surface area contributed by atoms with Gasteiger partial charge in [-0.1, -0.05) is 13.3 Å². The van der Waals surface area contributed by atoms with Crippen molar-refractivity contribution in [3.05, 3.63) is 11.6 Å². The lowest BCUT2D eigenvalue weighted by Gasteiger charge is -2.40. The average Bonchev–Trinajstić information content (AvgIpc) is 2.92. The van der Waals surface area contributed by atoms with Crippen LogP contribution in [0.25, 0.3) is 0 Å². The molecule has 1 aromatic heterocycles. The highest BCUT2D eigenvalue weighted by Gasteiger charge is 2.34. The molecule has 0 saturated carbocycles. The Hall–Kier alpha value is -1.43. The van der Waals surface area contributed by atoms with Gasteiger partial charge in [-0.15, -0.1) is 0 Å². The van der Waals surface area contributed by atoms with E-state index in [2.05, 4.69) is 26.8 Å². The molecule has 0 bridgehead atoms. The number of aryl methyl sites for hydroxylation is 2. The molecule has 0 aliphatic carbocycles. The number of hydrogen-bond acceptors (Lipinski definition) is 4. The minimum Gasteiger partial charge on any atom is -0.339 e. The third kappa shape index (κ3) is 3.42. The molecule has 1 aromatic rings. The summed E-state index contributed by atoms with van der Waals surface area (Å²) in [5.41, 5.74) is 0. The summed E-state index contributed by atoms with van der Waals surface area (Å²) in [6.07, 6.45) is 5.53. The first kappa shape index (κ1) is 16.4. The number of piperidine rings is 2. The lowest BCUT2D eigenvalue weighted by Crippen LogP contribution is -2.53. The van der Waals surface area contributed by atoms with Crippen LogP contribution < -0.4 is 0 Å². The third-order valence-electron chi connectivity index (χ3n) is 5.27. The monoisotopic (exact) mass is 319 g/mol. The van der Waals surface area contributed by atoms with Crippen molar-refractivity contribution in [1.29, 1.82) is 0 Å². The largest absolute Gasteiger partial charge is 0.339 e. The zero-order valence-corrected chi connectivity index (χ0v) is 14.7. The number of hydrogen-bond donors (Lipinski definition) is 0. The van der Waals surface area contributed by atoms with Crippen LogP contribution in [0.5, 0.6) is 0 Å². The molecule has 0 unspecified atom stereocenters. The Morgan fingerprint density at radius 1 is 1.17 bits per heavy atom. The van der Waals surface area contributed by atoms with Crippen LogP contribution in [-0.4, -0.2) is 62.7 Å². The van der Waals surface area contributed by atoms with Crippen molar-refractivity contribution in [2.75, 3.05) is 26.2 Å². The third-order valence-corrected chi connectivity index (χ3v) is 5.27. The van der Waals surface area contributed by atoms with Crippen molar-refractivity contribution in [3.8, 4) is 0 Å². The van der Waals surface area contributed by atoms with Crippen molar-refractivity contribution < 1.29 is 4.79 Å². The van der Waals surface area contributed by atoms with Gasteiger partial charge in [-0.05, 0) is 52.6 Å². The van der Waals surface area contributed by atoms with Gasteiger partial charge in [-0.3, -0.25) is 9.69 Å². The Labute approximate surface area is 138 Å². The Balaban J connectivity index is 1.70. The van der Waals surface area contributed by atoms with E-state index < -0.39 is 0 Å². The van der Waals surface area contributed by atoms with Gasteiger partial charge in [0.2, 0.25) is 5.91 Å². The van der Waals surface area contributed by atoms with Gasteiger partial charge in [-0.2, -0.15) is 5.10 Å². The van der Waals surface area contributed by atoms with E-state index in [9.17, 15) is 4.79 Å². The molecule has 2 atom stereocenters. The quantitative estimate of drug-likeness (QED) is 0.854. The molecule has 0 spiro atoms. The maximum atomic E-state index is 13.0. The second kappa shape index (κ2) is 6.99. The van der Waals surface area contributed by atoms with E-state index in [4.69, 9.17) is 0 Å². The molecule has 2 saturated heterocycles. The number of likely N-dealkylation sites (N-methyl/N-ethyl adjacent to an activating group) is 1. The van der Waals surface area contributed by atoms with Crippen molar-refractivity contribution >= 4 is 5.91 Å². The van der Waals surface area contributed by atoms with E-state index in [0.29, 0.717) is 5.91 Å². The molecule has 3 rings (SSSR count). The van der Waals surface area contributed by atoms with Gasteiger partial charge < -0.3 is 4.90 Å². The minimum atomic E-state index is 0.0890. The number of nitrogens with zero attached hydrogens (tertiary/aromatic N) is 5. The van der Waals surface area contributed by atoms with Crippen LogP contribution in [0, 0.1) is 13.8 Å². The van der Waals surface area contributed by atoms with E-state index in [0.717, 1.165) is 57.1 Å². The molecule has 3 heterocycles. The van der Waals surface area contributed by atoms with Crippen molar-refractivity contribution in [3.63, 3.8) is 0 Å². The summed E-state index contributed by atoms with van der Waals surface area (Å²) in [7, 11) is 0. The molecule has 2 fully saturated rings. The lowest BCUT2D eigenvalue weighted by atomic mass is 9.98. The molecule has 2 aliphatic heterocycles. The number of rotatable bonds is 3. The van der Waals surface area contributed by atoms with Gasteiger partial charge in [0.15, 0.2) is 0 Å². The highest BCUT2D eigenvalue weighted by molar-refractivity contribution is 5.82. The second-order valence-electron chi connectivity index (χ2n) is 6.87. The summed E-state index contributed by atoms with van der Waals surface area (Å²) in [4.78, 5) is 21.9. The topological polar surface area (TPSA) is 54.3 Å². The summed E-state index contributed by atoms with van der Waals surface area (Å²) in [6, 6.07) is 0.360. The van der Waals surface area contributed by atoms with E-state index in [1.807, 2.05) is 18.5 Å². The maximum Gasteiger partial charge on any atom is 0.239 e. The number of aromatic nitrogens is 3. The highest BCUT2D eigenvalue weighted by Crippen LogP contribution is 2.25. The Kier molecular flexibility index (Phi) is 4.99. The van der Waals surface area contributed by atoms with Gasteiger partial charge in [0.25, 0.3) is 0 Å². The van der Waals surface area contributed by atoms with Crippen LogP contribution in [0.1, 0.15) is 56.7 Å². The van der Waals surface area contributed by atoms with E-state index in [1.54, 1.807) is 0 Å². The predicted octanol–water partition coefficient (Wildman–Crippen LogP) is 1.93. The van der Waals surface area contributed by atoms with E-state index in [1.165, 1.54) is 12.8 Å². The van der Waals surface area contributed by atoms with Crippen LogP contribution in [0.2, 0.25) is 0 Å². The predicted molar refractivity (Wildman–Crippen MR) is 89.2 cm³/mol. The summed E-state index contributed by atoms with van der Waals surface area (Å²) in [5, 5.41) is 4.53. The lowest BCUT2D eigenvalue weighted by molar-refractivity contribution is -0.140. The molecule has 0 N–H and O–H groups in total. The first-order valence-corrected chi connectivity index (χ1v) is 9.02. The molecular weight excluding hydrogens is 290 g/mol. The SMILES string of the molecule is CCN1CCCC[C@H]1C(=O)N1CCC[C@H](n2nc(C)nc2C)C1. The van der Waals surface area contributed by atoms with Gasteiger partial charge in [-0.25, -0.2) is 9.67 Å². The van der Waals surface area contributed by atoms with Crippen molar-refractivity contribution in [2.24, 2.45) is 0 Å². The van der Waals surface area contributed by atoms with Crippen LogP contribution in [0.4, 0.5) is 0 Å². The van der Waals surface area contributed by atoms with E-state index >= 15 is 0 Å². The molecule has 1 amide bonds. The first-order valence-electron chi connectivity index (χ1n) is 9.02. The Bertz CT molecular complexity index is 555. The number of carbonyl (C=O) groups is 1. The van der Waals surface area contributed by atoms with Crippen molar-refractivity contribution in [1.82, 2.24) is 24.6 Å². The highest BCUT2D eigenvalue weighted by atomic mass is 16.2. The summed E-state index contributed by atoms with van der Waals surface area (Å²) < 4.78 is 2.02. The first-order chi connectivity index (χ1) is 11.1. The van der Waals surface area contributed by atoms with Gasteiger partial charge in [0.1, 0.15) is 11.6 Å².